The van der Waals surface area contributed by atoms with E-state index in [1.807, 2.05) is 14.1 Å². The second kappa shape index (κ2) is 4.45. The number of hydrogen-bond acceptors (Lipinski definition) is 2. The first-order chi connectivity index (χ1) is 6.19. The van der Waals surface area contributed by atoms with Crippen LogP contribution in [0.5, 0.6) is 0 Å². The first-order valence-electron chi connectivity index (χ1n) is 5.05. The number of hydrogen-bond donors (Lipinski definition) is 1. The van der Waals surface area contributed by atoms with Crippen LogP contribution in [-0.2, 0) is 0 Å². The van der Waals surface area contributed by atoms with Gasteiger partial charge in [0.25, 0.3) is 0 Å². The lowest BCUT2D eigenvalue weighted by Gasteiger charge is -2.08. The molecule has 1 aliphatic carbocycles. The van der Waals surface area contributed by atoms with E-state index in [-0.39, 0.29) is 0 Å². The maximum Gasteiger partial charge on any atom is 0.0387 e. The molecule has 2 heteroatoms. The Labute approximate surface area is 81.1 Å². The molecule has 0 radical (unpaired) electrons. The van der Waals surface area contributed by atoms with Gasteiger partial charge in [-0.15, -0.1) is 0 Å². The van der Waals surface area contributed by atoms with E-state index in [0.29, 0.717) is 5.92 Å². The first-order valence-corrected chi connectivity index (χ1v) is 5.05. The van der Waals surface area contributed by atoms with Crippen molar-refractivity contribution in [2.24, 2.45) is 16.8 Å². The van der Waals surface area contributed by atoms with Gasteiger partial charge in [0.2, 0.25) is 0 Å². The number of nitrogens with zero attached hydrogens (tertiary/aromatic N) is 1. The van der Waals surface area contributed by atoms with Crippen LogP contribution >= 0.6 is 0 Å². The highest BCUT2D eigenvalue weighted by molar-refractivity contribution is 5.96. The number of nitrogens with one attached hydrogen (secondary N) is 1. The highest BCUT2D eigenvalue weighted by Crippen LogP contribution is 2.34. The van der Waals surface area contributed by atoms with Crippen molar-refractivity contribution >= 4 is 5.71 Å². The summed E-state index contributed by atoms with van der Waals surface area (Å²) in [5, 5.41) is 3.26. The SMILES string of the molecule is CN=C(/C=C(\NC)C1CC1)C(C)C. The summed E-state index contributed by atoms with van der Waals surface area (Å²) in [6.45, 7) is 4.36. The topological polar surface area (TPSA) is 24.4 Å². The van der Waals surface area contributed by atoms with Crippen molar-refractivity contribution in [1.82, 2.24) is 5.32 Å². The molecule has 1 rings (SSSR count). The van der Waals surface area contributed by atoms with Crippen LogP contribution in [0, 0.1) is 11.8 Å². The fraction of sp³-hybridized carbons (Fsp3) is 0.727. The fourth-order valence-corrected chi connectivity index (χ4v) is 1.44. The molecule has 0 aromatic rings. The van der Waals surface area contributed by atoms with Gasteiger partial charge in [-0.05, 0) is 30.8 Å². The van der Waals surface area contributed by atoms with Crippen molar-refractivity contribution in [3.63, 3.8) is 0 Å². The van der Waals surface area contributed by atoms with E-state index in [1.165, 1.54) is 24.3 Å². The predicted molar refractivity (Wildman–Crippen MR) is 58.1 cm³/mol. The molecular weight excluding hydrogens is 160 g/mol. The molecule has 74 valence electrons. The smallest absolute Gasteiger partial charge is 0.0387 e. The Kier molecular flexibility index (Phi) is 3.52. The van der Waals surface area contributed by atoms with Gasteiger partial charge in [-0.2, -0.15) is 0 Å². The normalized spacial score (nSPS) is 19.5. The summed E-state index contributed by atoms with van der Waals surface area (Å²) in [5.74, 6) is 1.30. The molecule has 0 aliphatic heterocycles. The van der Waals surface area contributed by atoms with E-state index in [0.717, 1.165) is 5.92 Å². The second-order valence-electron chi connectivity index (χ2n) is 3.93. The zero-order chi connectivity index (χ0) is 9.84. The Bertz CT molecular complexity index is 222. The van der Waals surface area contributed by atoms with Gasteiger partial charge in [-0.25, -0.2) is 0 Å². The first kappa shape index (κ1) is 10.3. The maximum absolute atomic E-state index is 4.29. The van der Waals surface area contributed by atoms with Crippen molar-refractivity contribution < 1.29 is 0 Å². The summed E-state index contributed by atoms with van der Waals surface area (Å²) in [6, 6.07) is 0. The fourth-order valence-electron chi connectivity index (χ4n) is 1.44. The van der Waals surface area contributed by atoms with E-state index >= 15 is 0 Å². The average Bonchev–Trinajstić information content (AvgIpc) is 2.89. The summed E-state index contributed by atoms with van der Waals surface area (Å²) in [4.78, 5) is 4.29. The number of aliphatic imine (C=N–C) groups is 1. The maximum atomic E-state index is 4.29. The Hall–Kier alpha value is -0.790. The van der Waals surface area contributed by atoms with Crippen LogP contribution in [0.2, 0.25) is 0 Å². The number of allylic oxidation sites excluding steroid dienone is 2. The third-order valence-electron chi connectivity index (χ3n) is 2.46. The second-order valence-corrected chi connectivity index (χ2v) is 3.93. The third-order valence-corrected chi connectivity index (χ3v) is 2.46. The average molecular weight is 180 g/mol. The molecule has 0 aromatic heterocycles. The van der Waals surface area contributed by atoms with Crippen LogP contribution < -0.4 is 5.32 Å². The Morgan fingerprint density at radius 3 is 2.38 bits per heavy atom. The monoisotopic (exact) mass is 180 g/mol. The Balaban J connectivity index is 2.69. The summed E-state index contributed by atoms with van der Waals surface area (Å²) < 4.78 is 0. The Morgan fingerprint density at radius 2 is 2.08 bits per heavy atom. The Morgan fingerprint density at radius 1 is 1.46 bits per heavy atom. The summed E-state index contributed by atoms with van der Waals surface area (Å²) in [6.07, 6.45) is 4.88. The predicted octanol–water partition coefficient (Wildman–Crippen LogP) is 2.23. The lowest BCUT2D eigenvalue weighted by atomic mass is 10.1. The number of rotatable bonds is 4. The minimum Gasteiger partial charge on any atom is -0.391 e. The minimum atomic E-state index is 0.520. The van der Waals surface area contributed by atoms with Crippen LogP contribution in [0.4, 0.5) is 0 Å². The van der Waals surface area contributed by atoms with Gasteiger partial charge in [0.15, 0.2) is 0 Å². The van der Waals surface area contributed by atoms with Crippen LogP contribution in [0.3, 0.4) is 0 Å². The standard InChI is InChI=1S/C11H20N2/c1-8(2)10(12-3)7-11(13-4)9-5-6-9/h7-9,13H,5-6H2,1-4H3/b11-7-,12-10?. The molecule has 1 aliphatic rings. The highest BCUT2D eigenvalue weighted by atomic mass is 14.9. The molecule has 0 spiro atoms. The summed E-state index contributed by atoms with van der Waals surface area (Å²) in [5.41, 5.74) is 2.55. The molecule has 1 saturated carbocycles. The van der Waals surface area contributed by atoms with Gasteiger partial charge in [-0.3, -0.25) is 4.99 Å². The van der Waals surface area contributed by atoms with Crippen LogP contribution in [-0.4, -0.2) is 19.8 Å². The molecule has 1 N–H and O–H groups in total. The lowest BCUT2D eigenvalue weighted by molar-refractivity contribution is 0.836. The summed E-state index contributed by atoms with van der Waals surface area (Å²) >= 11 is 0. The minimum absolute atomic E-state index is 0.520. The zero-order valence-corrected chi connectivity index (χ0v) is 9.09. The molecular formula is C11H20N2. The van der Waals surface area contributed by atoms with Gasteiger partial charge >= 0.3 is 0 Å². The van der Waals surface area contributed by atoms with Crippen LogP contribution in [0.15, 0.2) is 16.8 Å². The molecule has 0 bridgehead atoms. The van der Waals surface area contributed by atoms with Gasteiger partial charge in [0, 0.05) is 25.5 Å². The van der Waals surface area contributed by atoms with Crippen molar-refractivity contribution in [2.45, 2.75) is 26.7 Å². The molecule has 0 saturated heterocycles. The molecule has 0 heterocycles. The van der Waals surface area contributed by atoms with Crippen molar-refractivity contribution in [3.05, 3.63) is 11.8 Å². The van der Waals surface area contributed by atoms with Crippen molar-refractivity contribution in [3.8, 4) is 0 Å². The zero-order valence-electron chi connectivity index (χ0n) is 9.09. The van der Waals surface area contributed by atoms with Crippen molar-refractivity contribution in [2.75, 3.05) is 14.1 Å². The van der Waals surface area contributed by atoms with Gasteiger partial charge in [-0.1, -0.05) is 13.8 Å². The van der Waals surface area contributed by atoms with E-state index in [2.05, 4.69) is 30.2 Å². The van der Waals surface area contributed by atoms with E-state index in [9.17, 15) is 0 Å². The molecule has 0 aromatic carbocycles. The van der Waals surface area contributed by atoms with E-state index in [1.54, 1.807) is 0 Å². The lowest BCUT2D eigenvalue weighted by Crippen LogP contribution is -2.13. The van der Waals surface area contributed by atoms with Crippen molar-refractivity contribution in [1.29, 1.82) is 0 Å². The molecule has 1 fully saturated rings. The highest BCUT2D eigenvalue weighted by Gasteiger charge is 2.25. The van der Waals surface area contributed by atoms with E-state index < -0.39 is 0 Å². The van der Waals surface area contributed by atoms with Gasteiger partial charge in [0.1, 0.15) is 0 Å². The molecule has 0 unspecified atom stereocenters. The third kappa shape index (κ3) is 2.87. The molecule has 13 heavy (non-hydrogen) atoms. The molecule has 2 nitrogen and oxygen atoms in total. The molecule has 0 amide bonds. The quantitative estimate of drug-likeness (QED) is 0.659. The van der Waals surface area contributed by atoms with Gasteiger partial charge < -0.3 is 5.32 Å². The van der Waals surface area contributed by atoms with Crippen LogP contribution in [0.1, 0.15) is 26.7 Å². The largest absolute Gasteiger partial charge is 0.391 e. The van der Waals surface area contributed by atoms with E-state index in [4.69, 9.17) is 0 Å². The van der Waals surface area contributed by atoms with Crippen LogP contribution in [0.25, 0.3) is 0 Å². The molecule has 0 atom stereocenters. The summed E-state index contributed by atoms with van der Waals surface area (Å²) in [7, 11) is 3.86. The van der Waals surface area contributed by atoms with Gasteiger partial charge in [0.05, 0.1) is 0 Å².